The van der Waals surface area contributed by atoms with Gasteiger partial charge in [-0.25, -0.2) is 0 Å². The molecule has 0 unspecified atom stereocenters. The summed E-state index contributed by atoms with van der Waals surface area (Å²) in [5.41, 5.74) is 6.28. The maximum atomic E-state index is 4.74. The van der Waals surface area contributed by atoms with E-state index in [4.69, 9.17) is 5.10 Å². The summed E-state index contributed by atoms with van der Waals surface area (Å²) in [6.07, 6.45) is 1.84. The third-order valence-electron chi connectivity index (χ3n) is 4.75. The van der Waals surface area contributed by atoms with Crippen molar-refractivity contribution in [2.45, 2.75) is 5.54 Å². The van der Waals surface area contributed by atoms with E-state index in [1.807, 2.05) is 34.7 Å². The van der Waals surface area contributed by atoms with E-state index in [-0.39, 0.29) is 0 Å². The van der Waals surface area contributed by atoms with Gasteiger partial charge in [-0.3, -0.25) is 5.01 Å². The molecule has 0 amide bonds. The zero-order chi connectivity index (χ0) is 18.5. The Labute approximate surface area is 168 Å². The SMILES string of the molecule is BrCCN1C=NN(C(c2ccccc2)(c2ccccc2)c2ccccc2)N1. The van der Waals surface area contributed by atoms with E-state index < -0.39 is 5.54 Å². The Kier molecular flexibility index (Phi) is 5.23. The average molecular weight is 421 g/mol. The highest BCUT2D eigenvalue weighted by Gasteiger charge is 2.44. The number of hydrogen-bond acceptors (Lipinski definition) is 4. The molecule has 5 heteroatoms. The van der Waals surface area contributed by atoms with Gasteiger partial charge in [0.2, 0.25) is 0 Å². The van der Waals surface area contributed by atoms with Crippen molar-refractivity contribution in [1.29, 1.82) is 0 Å². The molecule has 0 bridgehead atoms. The molecular formula is C22H21BrN4. The summed E-state index contributed by atoms with van der Waals surface area (Å²) >= 11 is 3.50. The molecule has 3 aromatic carbocycles. The molecule has 1 heterocycles. The first-order valence-electron chi connectivity index (χ1n) is 8.95. The molecule has 1 aliphatic rings. The lowest BCUT2D eigenvalue weighted by Crippen LogP contribution is -2.53. The number of halogens is 1. The first-order chi connectivity index (χ1) is 13.4. The Hall–Kier alpha value is -2.63. The van der Waals surface area contributed by atoms with Gasteiger partial charge >= 0.3 is 0 Å². The summed E-state index contributed by atoms with van der Waals surface area (Å²) in [6, 6.07) is 31.5. The summed E-state index contributed by atoms with van der Waals surface area (Å²) in [7, 11) is 0. The van der Waals surface area contributed by atoms with Crippen molar-refractivity contribution in [3.05, 3.63) is 108 Å². The fraction of sp³-hybridized carbons (Fsp3) is 0.136. The number of hydrazone groups is 1. The summed E-state index contributed by atoms with van der Waals surface area (Å²) in [5, 5.41) is 9.53. The van der Waals surface area contributed by atoms with Gasteiger partial charge in [-0.1, -0.05) is 107 Å². The maximum Gasteiger partial charge on any atom is 0.152 e. The van der Waals surface area contributed by atoms with Crippen molar-refractivity contribution in [3.63, 3.8) is 0 Å². The Morgan fingerprint density at radius 1 is 0.741 bits per heavy atom. The standard InChI is InChI=1S/C22H21BrN4/c23-16-17-26-18-24-27(25-26)22(19-10-4-1-5-11-19,20-12-6-2-7-13-20)21-14-8-3-9-15-21/h1-15,18,25H,16-17H2. The highest BCUT2D eigenvalue weighted by molar-refractivity contribution is 9.09. The Morgan fingerprint density at radius 2 is 1.19 bits per heavy atom. The van der Waals surface area contributed by atoms with Crippen LogP contribution in [0.2, 0.25) is 0 Å². The topological polar surface area (TPSA) is 30.9 Å². The third-order valence-corrected chi connectivity index (χ3v) is 5.10. The lowest BCUT2D eigenvalue weighted by atomic mass is 9.77. The molecule has 3 aromatic rings. The number of nitrogens with one attached hydrogen (secondary N) is 1. The van der Waals surface area contributed by atoms with Crippen molar-refractivity contribution >= 4 is 22.3 Å². The van der Waals surface area contributed by atoms with E-state index in [0.29, 0.717) is 0 Å². The predicted molar refractivity (Wildman–Crippen MR) is 113 cm³/mol. The normalized spacial score (nSPS) is 14.0. The van der Waals surface area contributed by atoms with Gasteiger partial charge in [0.15, 0.2) is 5.54 Å². The number of hydrazine groups is 2. The molecule has 0 atom stereocenters. The summed E-state index contributed by atoms with van der Waals surface area (Å²) < 4.78 is 0. The van der Waals surface area contributed by atoms with Crippen LogP contribution in [0.25, 0.3) is 0 Å². The van der Waals surface area contributed by atoms with E-state index in [0.717, 1.165) is 28.6 Å². The van der Waals surface area contributed by atoms with Gasteiger partial charge < -0.3 is 0 Å². The molecule has 4 nitrogen and oxygen atoms in total. The quantitative estimate of drug-likeness (QED) is 0.474. The van der Waals surface area contributed by atoms with Crippen LogP contribution in [0.4, 0.5) is 0 Å². The van der Waals surface area contributed by atoms with Gasteiger partial charge in [0, 0.05) is 11.9 Å². The molecule has 0 saturated heterocycles. The van der Waals surface area contributed by atoms with Gasteiger partial charge in [0.1, 0.15) is 6.34 Å². The molecule has 0 fully saturated rings. The van der Waals surface area contributed by atoms with Gasteiger partial charge in [-0.2, -0.15) is 5.12 Å². The van der Waals surface area contributed by atoms with E-state index in [9.17, 15) is 0 Å². The van der Waals surface area contributed by atoms with Gasteiger partial charge in [0.05, 0.1) is 0 Å². The van der Waals surface area contributed by atoms with Crippen LogP contribution in [0.3, 0.4) is 0 Å². The van der Waals surface area contributed by atoms with Crippen molar-refractivity contribution in [3.8, 4) is 0 Å². The zero-order valence-corrected chi connectivity index (χ0v) is 16.5. The predicted octanol–water partition coefficient (Wildman–Crippen LogP) is 4.35. The van der Waals surface area contributed by atoms with Gasteiger partial charge in [0.25, 0.3) is 0 Å². The van der Waals surface area contributed by atoms with E-state index in [1.165, 1.54) is 0 Å². The van der Waals surface area contributed by atoms with Crippen molar-refractivity contribution in [2.75, 3.05) is 11.9 Å². The third kappa shape index (κ3) is 3.24. The van der Waals surface area contributed by atoms with Crippen LogP contribution >= 0.6 is 15.9 Å². The smallest absolute Gasteiger partial charge is 0.152 e. The number of hydrogen-bond donors (Lipinski definition) is 1. The Balaban J connectivity index is 1.95. The zero-order valence-electron chi connectivity index (χ0n) is 14.9. The first-order valence-corrected chi connectivity index (χ1v) is 10.1. The summed E-state index contributed by atoms with van der Waals surface area (Å²) in [5.74, 6) is 0. The highest BCUT2D eigenvalue weighted by atomic mass is 79.9. The molecular weight excluding hydrogens is 400 g/mol. The first kappa shape index (κ1) is 17.8. The minimum absolute atomic E-state index is 0.596. The molecule has 0 radical (unpaired) electrons. The number of benzene rings is 3. The van der Waals surface area contributed by atoms with Crippen molar-refractivity contribution in [1.82, 2.24) is 15.7 Å². The van der Waals surface area contributed by atoms with Crippen molar-refractivity contribution in [2.24, 2.45) is 5.10 Å². The monoisotopic (exact) mass is 420 g/mol. The van der Waals surface area contributed by atoms with E-state index in [2.05, 4.69) is 94.3 Å². The second-order valence-electron chi connectivity index (χ2n) is 6.33. The second kappa shape index (κ2) is 7.94. The highest BCUT2D eigenvalue weighted by Crippen LogP contribution is 2.42. The summed E-state index contributed by atoms with van der Waals surface area (Å²) in [4.78, 5) is 0. The number of nitrogens with zero attached hydrogens (tertiary/aromatic N) is 3. The van der Waals surface area contributed by atoms with E-state index >= 15 is 0 Å². The second-order valence-corrected chi connectivity index (χ2v) is 7.13. The van der Waals surface area contributed by atoms with Crippen molar-refractivity contribution < 1.29 is 0 Å². The summed E-state index contributed by atoms with van der Waals surface area (Å²) in [6.45, 7) is 0.814. The number of alkyl halides is 1. The van der Waals surface area contributed by atoms with Crippen LogP contribution in [-0.4, -0.2) is 28.3 Å². The molecule has 0 aliphatic carbocycles. The van der Waals surface area contributed by atoms with Crippen LogP contribution in [-0.2, 0) is 5.54 Å². The van der Waals surface area contributed by atoms with Crippen LogP contribution in [0.15, 0.2) is 96.1 Å². The van der Waals surface area contributed by atoms with Crippen LogP contribution in [0, 0.1) is 0 Å². The molecule has 0 saturated carbocycles. The fourth-order valence-corrected chi connectivity index (χ4v) is 3.93. The molecule has 1 aliphatic heterocycles. The molecule has 4 rings (SSSR count). The lowest BCUT2D eigenvalue weighted by Gasteiger charge is -2.42. The molecule has 27 heavy (non-hydrogen) atoms. The fourth-order valence-electron chi connectivity index (χ4n) is 3.55. The van der Waals surface area contributed by atoms with Crippen LogP contribution in [0.5, 0.6) is 0 Å². The molecule has 136 valence electrons. The van der Waals surface area contributed by atoms with E-state index in [1.54, 1.807) is 0 Å². The van der Waals surface area contributed by atoms with Crippen LogP contribution in [0.1, 0.15) is 16.7 Å². The lowest BCUT2D eigenvalue weighted by molar-refractivity contribution is 0.0439. The van der Waals surface area contributed by atoms with Gasteiger partial charge in [-0.05, 0) is 16.7 Å². The minimum atomic E-state index is -0.596. The average Bonchev–Trinajstić information content (AvgIpc) is 3.20. The minimum Gasteiger partial charge on any atom is -0.277 e. The maximum absolute atomic E-state index is 4.74. The molecule has 1 N–H and O–H groups in total. The van der Waals surface area contributed by atoms with Crippen LogP contribution < -0.4 is 5.53 Å². The van der Waals surface area contributed by atoms with Gasteiger partial charge in [-0.15, -0.1) is 10.6 Å². The Bertz CT molecular complexity index is 787. The largest absolute Gasteiger partial charge is 0.277 e. The Morgan fingerprint density at radius 3 is 1.59 bits per heavy atom. The number of rotatable bonds is 6. The molecule has 0 spiro atoms. The molecule has 0 aromatic heterocycles.